The van der Waals surface area contributed by atoms with Crippen molar-refractivity contribution in [2.75, 3.05) is 0 Å². The topological polar surface area (TPSA) is 78.9 Å². The predicted octanol–water partition coefficient (Wildman–Crippen LogP) is 4.37. The number of H-pyrrole nitrogens is 1. The third-order valence-corrected chi connectivity index (χ3v) is 4.80. The number of nitrogens with zero attached hydrogens (tertiary/aromatic N) is 2. The molecule has 2 heterocycles. The summed E-state index contributed by atoms with van der Waals surface area (Å²) in [6.45, 7) is 0. The van der Waals surface area contributed by atoms with E-state index in [9.17, 15) is 9.90 Å². The number of carboxylic acids is 1. The Morgan fingerprint density at radius 2 is 1.96 bits per heavy atom. The van der Waals surface area contributed by atoms with Gasteiger partial charge in [-0.05, 0) is 48.6 Å². The maximum Gasteiger partial charge on any atom is 0.335 e. The van der Waals surface area contributed by atoms with Crippen molar-refractivity contribution < 1.29 is 9.90 Å². The Morgan fingerprint density at radius 1 is 1.20 bits per heavy atom. The molecule has 3 aromatic rings. The summed E-state index contributed by atoms with van der Waals surface area (Å²) < 4.78 is 0. The molecular formula is C19H16ClN3O2. The average Bonchev–Trinajstić information content (AvgIpc) is 3.33. The van der Waals surface area contributed by atoms with Crippen LogP contribution in [0.1, 0.15) is 40.4 Å². The highest BCUT2D eigenvalue weighted by Gasteiger charge is 2.36. The van der Waals surface area contributed by atoms with Crippen molar-refractivity contribution in [2.45, 2.75) is 18.8 Å². The number of aromatic nitrogens is 3. The van der Waals surface area contributed by atoms with E-state index in [0.717, 1.165) is 18.5 Å². The maximum atomic E-state index is 11.2. The van der Waals surface area contributed by atoms with Gasteiger partial charge in [-0.15, -0.1) is 0 Å². The highest BCUT2D eigenvalue weighted by atomic mass is 35.5. The van der Waals surface area contributed by atoms with E-state index in [-0.39, 0.29) is 11.5 Å². The summed E-state index contributed by atoms with van der Waals surface area (Å²) in [6.07, 6.45) is 5.47. The molecule has 0 radical (unpaired) electrons. The lowest BCUT2D eigenvalue weighted by atomic mass is 9.89. The number of carboxylic acid groups (broad SMARTS) is 1. The second-order valence-electron chi connectivity index (χ2n) is 6.27. The summed E-state index contributed by atoms with van der Waals surface area (Å²) in [4.78, 5) is 23.3. The van der Waals surface area contributed by atoms with Crippen LogP contribution in [-0.2, 0) is 0 Å². The molecule has 1 fully saturated rings. The van der Waals surface area contributed by atoms with Crippen LogP contribution in [0.4, 0.5) is 0 Å². The molecular weight excluding hydrogens is 338 g/mol. The molecule has 126 valence electrons. The Morgan fingerprint density at radius 3 is 2.64 bits per heavy atom. The SMILES string of the molecule is O=C(O)c1ccnc(-c2nc[nH]c2C(c2ccc(Cl)cc2)C2CC2)c1. The number of rotatable bonds is 5. The molecule has 1 aliphatic rings. The second-order valence-corrected chi connectivity index (χ2v) is 6.70. The molecule has 0 saturated heterocycles. The third-order valence-electron chi connectivity index (χ3n) is 4.55. The first-order chi connectivity index (χ1) is 12.1. The third kappa shape index (κ3) is 3.15. The number of aromatic amines is 1. The summed E-state index contributed by atoms with van der Waals surface area (Å²) in [5.41, 5.74) is 3.62. The number of nitrogens with one attached hydrogen (secondary N) is 1. The van der Waals surface area contributed by atoms with Gasteiger partial charge < -0.3 is 10.1 Å². The molecule has 0 amide bonds. The molecule has 0 aliphatic heterocycles. The molecule has 2 N–H and O–H groups in total. The van der Waals surface area contributed by atoms with Crippen molar-refractivity contribution in [1.82, 2.24) is 15.0 Å². The minimum atomic E-state index is -0.975. The standard InChI is InChI=1S/C19H16ClN3O2/c20-14-5-3-12(4-6-14)16(11-1-2-11)18-17(22-10-23-18)15-9-13(19(24)25)7-8-21-15/h3-11,16H,1-2H2,(H,22,23)(H,24,25). The highest BCUT2D eigenvalue weighted by molar-refractivity contribution is 6.30. The largest absolute Gasteiger partial charge is 0.478 e. The summed E-state index contributed by atoms with van der Waals surface area (Å²) in [5.74, 6) is -0.259. The van der Waals surface area contributed by atoms with Gasteiger partial charge in [0, 0.05) is 17.1 Å². The van der Waals surface area contributed by atoms with Crippen LogP contribution in [0.15, 0.2) is 48.9 Å². The van der Waals surface area contributed by atoms with Gasteiger partial charge >= 0.3 is 5.97 Å². The number of hydrogen-bond donors (Lipinski definition) is 2. The fraction of sp³-hybridized carbons (Fsp3) is 0.211. The van der Waals surface area contributed by atoms with Crippen molar-refractivity contribution in [2.24, 2.45) is 5.92 Å². The number of pyridine rings is 1. The molecule has 1 unspecified atom stereocenters. The molecule has 1 saturated carbocycles. The minimum Gasteiger partial charge on any atom is -0.478 e. The van der Waals surface area contributed by atoms with Crippen LogP contribution in [0.25, 0.3) is 11.4 Å². The number of imidazole rings is 1. The van der Waals surface area contributed by atoms with Crippen LogP contribution in [0.3, 0.4) is 0 Å². The Hall–Kier alpha value is -2.66. The average molecular weight is 354 g/mol. The van der Waals surface area contributed by atoms with Crippen LogP contribution in [0.5, 0.6) is 0 Å². The van der Waals surface area contributed by atoms with Gasteiger partial charge in [0.15, 0.2) is 0 Å². The minimum absolute atomic E-state index is 0.171. The Balaban J connectivity index is 1.78. The normalized spacial score (nSPS) is 15.1. The lowest BCUT2D eigenvalue weighted by molar-refractivity contribution is 0.0697. The van der Waals surface area contributed by atoms with E-state index in [0.29, 0.717) is 22.3 Å². The zero-order valence-electron chi connectivity index (χ0n) is 13.3. The quantitative estimate of drug-likeness (QED) is 0.714. The smallest absolute Gasteiger partial charge is 0.335 e. The highest BCUT2D eigenvalue weighted by Crippen LogP contribution is 2.47. The van der Waals surface area contributed by atoms with Crippen LogP contribution in [0, 0.1) is 5.92 Å². The molecule has 25 heavy (non-hydrogen) atoms. The first kappa shape index (κ1) is 15.8. The van der Waals surface area contributed by atoms with E-state index < -0.39 is 5.97 Å². The van der Waals surface area contributed by atoms with Crippen molar-refractivity contribution in [3.05, 3.63) is 70.8 Å². The van der Waals surface area contributed by atoms with Gasteiger partial charge in [0.05, 0.1) is 23.3 Å². The van der Waals surface area contributed by atoms with Gasteiger partial charge in [0.25, 0.3) is 0 Å². The number of halogens is 1. The van der Waals surface area contributed by atoms with E-state index in [1.165, 1.54) is 17.8 Å². The van der Waals surface area contributed by atoms with E-state index in [2.05, 4.69) is 15.0 Å². The Bertz CT molecular complexity index is 916. The van der Waals surface area contributed by atoms with Gasteiger partial charge in [-0.2, -0.15) is 0 Å². The molecule has 6 heteroatoms. The monoisotopic (exact) mass is 353 g/mol. The fourth-order valence-electron chi connectivity index (χ4n) is 3.21. The van der Waals surface area contributed by atoms with Gasteiger partial charge in [-0.1, -0.05) is 23.7 Å². The first-order valence-electron chi connectivity index (χ1n) is 8.12. The van der Waals surface area contributed by atoms with E-state index in [1.807, 2.05) is 24.3 Å². The summed E-state index contributed by atoms with van der Waals surface area (Å²) in [7, 11) is 0. The number of benzene rings is 1. The lowest BCUT2D eigenvalue weighted by Crippen LogP contribution is -2.06. The van der Waals surface area contributed by atoms with Crippen LogP contribution in [0.2, 0.25) is 5.02 Å². The van der Waals surface area contributed by atoms with E-state index in [1.54, 1.807) is 12.4 Å². The van der Waals surface area contributed by atoms with Crippen molar-refractivity contribution in [1.29, 1.82) is 0 Å². The molecule has 1 aromatic carbocycles. The van der Waals surface area contributed by atoms with E-state index >= 15 is 0 Å². The molecule has 5 nitrogen and oxygen atoms in total. The zero-order valence-corrected chi connectivity index (χ0v) is 14.1. The van der Waals surface area contributed by atoms with Gasteiger partial charge in [-0.3, -0.25) is 4.98 Å². The van der Waals surface area contributed by atoms with Gasteiger partial charge in [-0.25, -0.2) is 9.78 Å². The van der Waals surface area contributed by atoms with Gasteiger partial charge in [0.1, 0.15) is 5.69 Å². The first-order valence-corrected chi connectivity index (χ1v) is 8.49. The summed E-state index contributed by atoms with van der Waals surface area (Å²) in [6, 6.07) is 10.9. The Kier molecular flexibility index (Phi) is 4.01. The molecule has 0 spiro atoms. The molecule has 4 rings (SSSR count). The molecule has 1 atom stereocenters. The van der Waals surface area contributed by atoms with Gasteiger partial charge in [0.2, 0.25) is 0 Å². The maximum absolute atomic E-state index is 11.2. The van der Waals surface area contributed by atoms with E-state index in [4.69, 9.17) is 11.6 Å². The van der Waals surface area contributed by atoms with Crippen LogP contribution >= 0.6 is 11.6 Å². The second kappa shape index (κ2) is 6.33. The van der Waals surface area contributed by atoms with Crippen LogP contribution < -0.4 is 0 Å². The molecule has 2 aromatic heterocycles. The molecule has 1 aliphatic carbocycles. The van der Waals surface area contributed by atoms with Crippen molar-refractivity contribution in [3.63, 3.8) is 0 Å². The number of hydrogen-bond acceptors (Lipinski definition) is 3. The zero-order chi connectivity index (χ0) is 17.4. The predicted molar refractivity (Wildman–Crippen MR) is 94.8 cm³/mol. The van der Waals surface area contributed by atoms with Crippen LogP contribution in [-0.4, -0.2) is 26.0 Å². The van der Waals surface area contributed by atoms with Crippen molar-refractivity contribution in [3.8, 4) is 11.4 Å². The summed E-state index contributed by atoms with van der Waals surface area (Å²) >= 11 is 6.02. The summed E-state index contributed by atoms with van der Waals surface area (Å²) in [5, 5.41) is 9.93. The number of aromatic carboxylic acids is 1. The lowest BCUT2D eigenvalue weighted by Gasteiger charge is -2.17. The molecule has 0 bridgehead atoms. The van der Waals surface area contributed by atoms with Crippen molar-refractivity contribution >= 4 is 17.6 Å². The number of carbonyl (C=O) groups is 1. The fourth-order valence-corrected chi connectivity index (χ4v) is 3.34. The Labute approximate surface area is 149 Å².